The van der Waals surface area contributed by atoms with Crippen molar-refractivity contribution in [1.29, 1.82) is 0 Å². The first-order valence-corrected chi connectivity index (χ1v) is 5.76. The quantitative estimate of drug-likeness (QED) is 0.785. The lowest BCUT2D eigenvalue weighted by molar-refractivity contribution is -0.128. The van der Waals surface area contributed by atoms with Crippen molar-refractivity contribution in [1.82, 2.24) is 10.2 Å². The summed E-state index contributed by atoms with van der Waals surface area (Å²) in [5, 5.41) is 3.12. The number of ether oxygens (including phenoxy) is 1. The molecule has 1 aromatic heterocycles. The molecule has 98 valence electrons. The predicted molar refractivity (Wildman–Crippen MR) is 62.9 cm³/mol. The highest BCUT2D eigenvalue weighted by atomic mass is 16.5. The fraction of sp³-hybridized carbons (Fsp3) is 0.500. The lowest BCUT2D eigenvalue weighted by Gasteiger charge is -2.11. The molecule has 18 heavy (non-hydrogen) atoms. The molecule has 0 spiro atoms. The van der Waals surface area contributed by atoms with Gasteiger partial charge in [0.2, 0.25) is 11.7 Å². The van der Waals surface area contributed by atoms with E-state index >= 15 is 0 Å². The number of hydrogen-bond donors (Lipinski definition) is 1. The molecule has 1 saturated heterocycles. The third-order valence-electron chi connectivity index (χ3n) is 3.08. The van der Waals surface area contributed by atoms with Crippen LogP contribution in [-0.4, -0.2) is 43.5 Å². The number of furan rings is 1. The molecule has 6 nitrogen and oxygen atoms in total. The summed E-state index contributed by atoms with van der Waals surface area (Å²) in [4.78, 5) is 24.8. The van der Waals surface area contributed by atoms with E-state index in [1.807, 2.05) is 0 Å². The van der Waals surface area contributed by atoms with Crippen LogP contribution >= 0.6 is 0 Å². The second-order valence-electron chi connectivity index (χ2n) is 4.25. The monoisotopic (exact) mass is 252 g/mol. The number of likely N-dealkylation sites (tertiary alicyclic amines) is 1. The third kappa shape index (κ3) is 2.38. The van der Waals surface area contributed by atoms with Crippen molar-refractivity contribution in [3.63, 3.8) is 0 Å². The Bertz CT molecular complexity index is 455. The molecule has 1 atom stereocenters. The SMILES string of the molecule is COC(=O)c1occc1CNC1CCN(C)C1=O. The predicted octanol–water partition coefficient (Wildman–Crippen LogP) is 0.386. The van der Waals surface area contributed by atoms with Crippen LogP contribution in [0.3, 0.4) is 0 Å². The van der Waals surface area contributed by atoms with Crippen molar-refractivity contribution >= 4 is 11.9 Å². The van der Waals surface area contributed by atoms with Crippen LogP contribution in [0.4, 0.5) is 0 Å². The van der Waals surface area contributed by atoms with Crippen LogP contribution in [0.15, 0.2) is 16.7 Å². The molecule has 1 N–H and O–H groups in total. The molecule has 0 radical (unpaired) electrons. The molecule has 2 heterocycles. The first kappa shape index (κ1) is 12.6. The van der Waals surface area contributed by atoms with Crippen LogP contribution in [0.25, 0.3) is 0 Å². The summed E-state index contributed by atoms with van der Waals surface area (Å²) in [5.41, 5.74) is 0.698. The highest BCUT2D eigenvalue weighted by Crippen LogP contribution is 2.14. The number of esters is 1. The van der Waals surface area contributed by atoms with Crippen LogP contribution in [0.5, 0.6) is 0 Å². The topological polar surface area (TPSA) is 71.8 Å². The van der Waals surface area contributed by atoms with Gasteiger partial charge < -0.3 is 19.4 Å². The zero-order valence-corrected chi connectivity index (χ0v) is 10.4. The van der Waals surface area contributed by atoms with Crippen molar-refractivity contribution in [2.45, 2.75) is 19.0 Å². The Hall–Kier alpha value is -1.82. The smallest absolute Gasteiger partial charge is 0.374 e. The van der Waals surface area contributed by atoms with E-state index in [4.69, 9.17) is 4.42 Å². The van der Waals surface area contributed by atoms with Crippen molar-refractivity contribution in [3.8, 4) is 0 Å². The zero-order valence-electron chi connectivity index (χ0n) is 10.4. The van der Waals surface area contributed by atoms with Gasteiger partial charge in [0.15, 0.2) is 0 Å². The summed E-state index contributed by atoms with van der Waals surface area (Å²) in [5.74, 6) is -0.242. The van der Waals surface area contributed by atoms with Crippen LogP contribution in [-0.2, 0) is 16.1 Å². The number of hydrogen-bond acceptors (Lipinski definition) is 5. The number of nitrogens with one attached hydrogen (secondary N) is 1. The van der Waals surface area contributed by atoms with E-state index < -0.39 is 5.97 Å². The molecule has 1 unspecified atom stereocenters. The van der Waals surface area contributed by atoms with E-state index in [1.165, 1.54) is 13.4 Å². The Labute approximate surface area is 105 Å². The third-order valence-corrected chi connectivity index (χ3v) is 3.08. The molecule has 0 saturated carbocycles. The molecule has 1 aliphatic rings. The van der Waals surface area contributed by atoms with Gasteiger partial charge >= 0.3 is 5.97 Å². The van der Waals surface area contributed by atoms with Gasteiger partial charge in [-0.2, -0.15) is 0 Å². The highest BCUT2D eigenvalue weighted by Gasteiger charge is 2.28. The second kappa shape index (κ2) is 5.22. The van der Waals surface area contributed by atoms with Gasteiger partial charge in [0.1, 0.15) is 0 Å². The van der Waals surface area contributed by atoms with Gasteiger partial charge in [-0.05, 0) is 12.5 Å². The van der Waals surface area contributed by atoms with Gasteiger partial charge in [0, 0.05) is 25.7 Å². The van der Waals surface area contributed by atoms with E-state index in [2.05, 4.69) is 10.1 Å². The number of nitrogens with zero attached hydrogens (tertiary/aromatic N) is 1. The molecule has 6 heteroatoms. The summed E-state index contributed by atoms with van der Waals surface area (Å²) in [6.07, 6.45) is 2.21. The van der Waals surface area contributed by atoms with Crippen LogP contribution < -0.4 is 5.32 Å². The Morgan fingerprint density at radius 3 is 3.06 bits per heavy atom. The molecule has 1 amide bonds. The average molecular weight is 252 g/mol. The van der Waals surface area contributed by atoms with Gasteiger partial charge in [0.05, 0.1) is 19.4 Å². The van der Waals surface area contributed by atoms with Gasteiger partial charge in [0.25, 0.3) is 0 Å². The zero-order chi connectivity index (χ0) is 13.1. The van der Waals surface area contributed by atoms with Gasteiger partial charge in [-0.25, -0.2) is 4.79 Å². The summed E-state index contributed by atoms with van der Waals surface area (Å²) in [6, 6.07) is 1.51. The maximum Gasteiger partial charge on any atom is 0.374 e. The fourth-order valence-corrected chi connectivity index (χ4v) is 1.99. The minimum Gasteiger partial charge on any atom is -0.463 e. The summed E-state index contributed by atoms with van der Waals surface area (Å²) < 4.78 is 9.68. The molecular formula is C12H16N2O4. The molecular weight excluding hydrogens is 236 g/mol. The number of amides is 1. The Balaban J connectivity index is 1.97. The van der Waals surface area contributed by atoms with E-state index in [0.717, 1.165) is 13.0 Å². The lowest BCUT2D eigenvalue weighted by Crippen LogP contribution is -2.36. The highest BCUT2D eigenvalue weighted by molar-refractivity contribution is 5.88. The molecule has 1 aliphatic heterocycles. The summed E-state index contributed by atoms with van der Waals surface area (Å²) in [6.45, 7) is 1.16. The number of likely N-dealkylation sites (N-methyl/N-ethyl adjacent to an activating group) is 1. The van der Waals surface area contributed by atoms with Crippen molar-refractivity contribution in [3.05, 3.63) is 23.7 Å². The van der Waals surface area contributed by atoms with Gasteiger partial charge in [-0.1, -0.05) is 0 Å². The van der Waals surface area contributed by atoms with Crippen molar-refractivity contribution < 1.29 is 18.7 Å². The largest absolute Gasteiger partial charge is 0.463 e. The van der Waals surface area contributed by atoms with Gasteiger partial charge in [-0.15, -0.1) is 0 Å². The normalized spacial score (nSPS) is 19.3. The molecule has 2 rings (SSSR count). The fourth-order valence-electron chi connectivity index (χ4n) is 1.99. The number of methoxy groups -OCH3 is 1. The maximum atomic E-state index is 11.7. The Morgan fingerprint density at radius 1 is 1.67 bits per heavy atom. The lowest BCUT2D eigenvalue weighted by atomic mass is 10.2. The molecule has 0 aliphatic carbocycles. The van der Waals surface area contributed by atoms with E-state index in [0.29, 0.717) is 12.1 Å². The van der Waals surface area contributed by atoms with Crippen LogP contribution in [0.1, 0.15) is 22.5 Å². The minimum absolute atomic E-state index is 0.0816. The van der Waals surface area contributed by atoms with E-state index in [1.54, 1.807) is 18.0 Å². The molecule has 1 aromatic rings. The van der Waals surface area contributed by atoms with Crippen LogP contribution in [0.2, 0.25) is 0 Å². The Kier molecular flexibility index (Phi) is 3.66. The maximum absolute atomic E-state index is 11.7. The van der Waals surface area contributed by atoms with E-state index in [-0.39, 0.29) is 17.7 Å². The van der Waals surface area contributed by atoms with Crippen molar-refractivity contribution in [2.75, 3.05) is 20.7 Å². The number of rotatable bonds is 4. The van der Waals surface area contributed by atoms with E-state index in [9.17, 15) is 9.59 Å². The number of carbonyl (C=O) groups is 2. The average Bonchev–Trinajstić information content (AvgIpc) is 2.95. The molecule has 0 bridgehead atoms. The van der Waals surface area contributed by atoms with Crippen molar-refractivity contribution in [2.24, 2.45) is 0 Å². The minimum atomic E-state index is -0.508. The van der Waals surface area contributed by atoms with Crippen LogP contribution in [0, 0.1) is 0 Å². The Morgan fingerprint density at radius 2 is 2.44 bits per heavy atom. The van der Waals surface area contributed by atoms with Gasteiger partial charge in [-0.3, -0.25) is 4.79 Å². The standard InChI is InChI=1S/C12H16N2O4/c1-14-5-3-9(11(14)15)13-7-8-4-6-18-10(8)12(16)17-2/h4,6,9,13H,3,5,7H2,1-2H3. The summed E-state index contributed by atoms with van der Waals surface area (Å²) in [7, 11) is 3.08. The second-order valence-corrected chi connectivity index (χ2v) is 4.25. The molecule has 1 fully saturated rings. The first-order chi connectivity index (χ1) is 8.63. The first-order valence-electron chi connectivity index (χ1n) is 5.76. The number of carbonyl (C=O) groups excluding carboxylic acids is 2. The summed E-state index contributed by atoms with van der Waals surface area (Å²) >= 11 is 0. The molecule has 0 aromatic carbocycles.